The summed E-state index contributed by atoms with van der Waals surface area (Å²) in [5.74, 6) is -4.55. The van der Waals surface area contributed by atoms with E-state index in [1.54, 1.807) is 18.2 Å². The molecule has 2 aromatic carbocycles. The molecule has 3 aromatic rings. The van der Waals surface area contributed by atoms with E-state index in [9.17, 15) is 18.0 Å². The molecule has 0 aliphatic heterocycles. The van der Waals surface area contributed by atoms with Gasteiger partial charge < -0.3 is 18.6 Å². The van der Waals surface area contributed by atoms with Gasteiger partial charge in [0.15, 0.2) is 34.7 Å². The summed E-state index contributed by atoms with van der Waals surface area (Å²) in [5, 5.41) is 0. The maximum Gasteiger partial charge on any atom is 0.226 e. The number of halogens is 3. The van der Waals surface area contributed by atoms with Crippen LogP contribution in [0.1, 0.15) is 29.4 Å². The van der Waals surface area contributed by atoms with E-state index in [1.807, 2.05) is 6.92 Å². The van der Waals surface area contributed by atoms with Crippen molar-refractivity contribution in [3.05, 3.63) is 59.2 Å². The molecule has 0 amide bonds. The number of ether oxygens (including phenoxy) is 3. The van der Waals surface area contributed by atoms with Crippen molar-refractivity contribution in [3.63, 3.8) is 0 Å². The number of hydrogen-bond donors (Lipinski definition) is 0. The molecule has 1 aromatic heterocycles. The second kappa shape index (κ2) is 9.55. The third-order valence-corrected chi connectivity index (χ3v) is 4.49. The molecule has 164 valence electrons. The van der Waals surface area contributed by atoms with Gasteiger partial charge in [-0.1, -0.05) is 0 Å². The molecule has 3 rings (SSSR count). The normalized spacial score (nSPS) is 10.8. The van der Waals surface area contributed by atoms with Gasteiger partial charge in [-0.25, -0.2) is 13.8 Å². The molecule has 0 unspecified atom stereocenters. The van der Waals surface area contributed by atoms with E-state index in [4.69, 9.17) is 18.6 Å². The van der Waals surface area contributed by atoms with Crippen LogP contribution in [0.25, 0.3) is 11.5 Å². The lowest BCUT2D eigenvalue weighted by molar-refractivity contribution is 0.0977. The highest BCUT2D eigenvalue weighted by atomic mass is 19.2. The average Bonchev–Trinajstić information content (AvgIpc) is 3.25. The van der Waals surface area contributed by atoms with Crippen LogP contribution in [0.4, 0.5) is 13.2 Å². The Hall–Kier alpha value is -3.49. The van der Waals surface area contributed by atoms with Crippen molar-refractivity contribution in [3.8, 4) is 28.7 Å². The summed E-state index contributed by atoms with van der Waals surface area (Å²) in [6.45, 7) is 2.30. The molecule has 0 radical (unpaired) electrons. The van der Waals surface area contributed by atoms with Crippen LogP contribution < -0.4 is 14.2 Å². The maximum absolute atomic E-state index is 13.8. The van der Waals surface area contributed by atoms with Crippen molar-refractivity contribution in [1.29, 1.82) is 0 Å². The first-order valence-electron chi connectivity index (χ1n) is 9.39. The third-order valence-electron chi connectivity index (χ3n) is 4.49. The number of rotatable bonds is 9. The van der Waals surface area contributed by atoms with E-state index in [-0.39, 0.29) is 18.4 Å². The average molecular weight is 435 g/mol. The summed E-state index contributed by atoms with van der Waals surface area (Å²) in [6.07, 6.45) is 1.39. The fourth-order valence-corrected chi connectivity index (χ4v) is 2.99. The fourth-order valence-electron chi connectivity index (χ4n) is 2.99. The predicted octanol–water partition coefficient (Wildman–Crippen LogP) is 4.99. The molecule has 0 N–H and O–H groups in total. The highest BCUT2D eigenvalue weighted by Crippen LogP contribution is 2.33. The van der Waals surface area contributed by atoms with Crippen molar-refractivity contribution in [2.75, 3.05) is 20.8 Å². The molecule has 0 aliphatic carbocycles. The highest BCUT2D eigenvalue weighted by molar-refractivity contribution is 5.98. The molecule has 31 heavy (non-hydrogen) atoms. The van der Waals surface area contributed by atoms with Crippen molar-refractivity contribution in [2.45, 2.75) is 19.8 Å². The molecule has 9 heteroatoms. The minimum atomic E-state index is -1.69. The summed E-state index contributed by atoms with van der Waals surface area (Å²) >= 11 is 0. The lowest BCUT2D eigenvalue weighted by Crippen LogP contribution is -2.08. The number of nitrogens with zero attached hydrogens (tertiary/aromatic N) is 1. The zero-order chi connectivity index (χ0) is 22.5. The SMILES string of the molecule is CCOc1cc(-c2nc(CCC(=O)c3cc(F)c(F)c(F)c3OC)co2)ccc1OC. The lowest BCUT2D eigenvalue weighted by atomic mass is 10.0. The van der Waals surface area contributed by atoms with Gasteiger partial charge in [-0.2, -0.15) is 4.39 Å². The smallest absolute Gasteiger partial charge is 0.226 e. The Kier molecular flexibility index (Phi) is 6.84. The number of carbonyl (C=O) groups is 1. The minimum absolute atomic E-state index is 0.139. The number of Topliss-reactive ketones (excluding diaryl/α,β-unsaturated/α-hetero) is 1. The van der Waals surface area contributed by atoms with Gasteiger partial charge >= 0.3 is 0 Å². The van der Waals surface area contributed by atoms with Crippen molar-refractivity contribution >= 4 is 5.78 Å². The second-order valence-electron chi connectivity index (χ2n) is 6.43. The quantitative estimate of drug-likeness (QED) is 0.348. The fraction of sp³-hybridized carbons (Fsp3) is 0.273. The first kappa shape index (κ1) is 22.2. The molecule has 0 fully saturated rings. The molecule has 6 nitrogen and oxygen atoms in total. The molecule has 0 saturated heterocycles. The Bertz CT molecular complexity index is 1100. The number of ketones is 1. The molecule has 0 atom stereocenters. The number of methoxy groups -OCH3 is 2. The van der Waals surface area contributed by atoms with Gasteiger partial charge in [-0.05, 0) is 31.2 Å². The standard InChI is InChI=1S/C22H20F3NO5/c1-4-30-18-9-12(5-8-17(18)28-2)22-26-13(11-31-22)6-7-16(27)14-10-15(23)19(24)20(25)21(14)29-3/h5,8-11H,4,6-7H2,1-3H3. The first-order chi connectivity index (χ1) is 14.9. The van der Waals surface area contributed by atoms with Gasteiger partial charge in [0.05, 0.1) is 32.1 Å². The van der Waals surface area contributed by atoms with Crippen LogP contribution in [0.3, 0.4) is 0 Å². The van der Waals surface area contributed by atoms with E-state index in [0.717, 1.165) is 7.11 Å². The Labute approximate surface area is 176 Å². The Morgan fingerprint density at radius 2 is 1.84 bits per heavy atom. The van der Waals surface area contributed by atoms with Gasteiger partial charge in [0, 0.05) is 18.4 Å². The molecule has 0 bridgehead atoms. The number of oxazole rings is 1. The summed E-state index contributed by atoms with van der Waals surface area (Å²) in [4.78, 5) is 16.8. The van der Waals surface area contributed by atoms with Crippen molar-refractivity contribution in [1.82, 2.24) is 4.98 Å². The largest absolute Gasteiger partial charge is 0.493 e. The molecule has 1 heterocycles. The first-order valence-corrected chi connectivity index (χ1v) is 9.39. The van der Waals surface area contributed by atoms with Gasteiger partial charge in [-0.15, -0.1) is 0 Å². The summed E-state index contributed by atoms with van der Waals surface area (Å²) in [6, 6.07) is 5.81. The van der Waals surface area contributed by atoms with Crippen molar-refractivity contribution in [2.24, 2.45) is 0 Å². The third kappa shape index (κ3) is 4.65. The van der Waals surface area contributed by atoms with E-state index in [0.29, 0.717) is 41.3 Å². The zero-order valence-electron chi connectivity index (χ0n) is 17.1. The second-order valence-corrected chi connectivity index (χ2v) is 6.43. The van der Waals surface area contributed by atoms with Crippen molar-refractivity contribution < 1.29 is 36.6 Å². The lowest BCUT2D eigenvalue weighted by Gasteiger charge is -2.10. The van der Waals surface area contributed by atoms with E-state index >= 15 is 0 Å². The number of aromatic nitrogens is 1. The maximum atomic E-state index is 13.8. The van der Waals surface area contributed by atoms with Crippen LogP contribution in [0, 0.1) is 17.5 Å². The van der Waals surface area contributed by atoms with E-state index in [2.05, 4.69) is 4.98 Å². The molecule has 0 spiro atoms. The Morgan fingerprint density at radius 3 is 2.52 bits per heavy atom. The Morgan fingerprint density at radius 1 is 1.06 bits per heavy atom. The van der Waals surface area contributed by atoms with E-state index < -0.39 is 29.0 Å². The topological polar surface area (TPSA) is 70.8 Å². The summed E-state index contributed by atoms with van der Waals surface area (Å²) < 4.78 is 61.8. The highest BCUT2D eigenvalue weighted by Gasteiger charge is 2.23. The van der Waals surface area contributed by atoms with Gasteiger partial charge in [0.25, 0.3) is 0 Å². The summed E-state index contributed by atoms with van der Waals surface area (Å²) in [5.41, 5.74) is 0.726. The molecular formula is C22H20F3NO5. The van der Waals surface area contributed by atoms with Crippen LogP contribution in [0.15, 0.2) is 34.9 Å². The predicted molar refractivity (Wildman–Crippen MR) is 105 cm³/mol. The number of benzene rings is 2. The number of aryl methyl sites for hydroxylation is 1. The number of hydrogen-bond acceptors (Lipinski definition) is 6. The van der Waals surface area contributed by atoms with Crippen LogP contribution in [0.5, 0.6) is 17.2 Å². The van der Waals surface area contributed by atoms with E-state index in [1.165, 1.54) is 13.4 Å². The molecule has 0 saturated carbocycles. The molecule has 0 aliphatic rings. The van der Waals surface area contributed by atoms with Crippen LogP contribution in [-0.2, 0) is 6.42 Å². The summed E-state index contributed by atoms with van der Waals surface area (Å²) in [7, 11) is 2.60. The Balaban J connectivity index is 1.76. The van der Waals surface area contributed by atoms with Crippen LogP contribution >= 0.6 is 0 Å². The van der Waals surface area contributed by atoms with Gasteiger partial charge in [-0.3, -0.25) is 4.79 Å². The monoisotopic (exact) mass is 435 g/mol. The molecular weight excluding hydrogens is 415 g/mol. The number of carbonyl (C=O) groups excluding carboxylic acids is 1. The van der Waals surface area contributed by atoms with Crippen LogP contribution in [-0.4, -0.2) is 31.6 Å². The minimum Gasteiger partial charge on any atom is -0.493 e. The zero-order valence-corrected chi connectivity index (χ0v) is 17.1. The van der Waals surface area contributed by atoms with Gasteiger partial charge in [0.1, 0.15) is 6.26 Å². The van der Waals surface area contributed by atoms with Crippen LogP contribution in [0.2, 0.25) is 0 Å². The van der Waals surface area contributed by atoms with Gasteiger partial charge in [0.2, 0.25) is 11.7 Å².